The Morgan fingerprint density at radius 3 is 2.45 bits per heavy atom. The standard InChI is InChI=1S/C17H26O2S/c1-11(2)16(13-8-9-15(18)20-10-13)17(19)14-7-5-4-6-12(14)3/h13,15,18H,4-10H2,1-3H3. The molecule has 0 saturated carbocycles. The minimum atomic E-state index is -0.240. The highest BCUT2D eigenvalue weighted by Crippen LogP contribution is 2.36. The van der Waals surface area contributed by atoms with Crippen LogP contribution in [0.25, 0.3) is 0 Å². The fourth-order valence-electron chi connectivity index (χ4n) is 3.31. The van der Waals surface area contributed by atoms with Crippen molar-refractivity contribution in [3.8, 4) is 0 Å². The highest BCUT2D eigenvalue weighted by atomic mass is 32.2. The normalized spacial score (nSPS) is 27.4. The fourth-order valence-corrected chi connectivity index (χ4v) is 4.40. The van der Waals surface area contributed by atoms with Gasteiger partial charge in [0.1, 0.15) is 0 Å². The number of aliphatic hydroxyl groups is 1. The smallest absolute Gasteiger partial charge is 0.185 e. The van der Waals surface area contributed by atoms with Crippen molar-refractivity contribution in [1.82, 2.24) is 0 Å². The zero-order valence-corrected chi connectivity index (χ0v) is 13.7. The van der Waals surface area contributed by atoms with Crippen LogP contribution >= 0.6 is 11.8 Å². The Morgan fingerprint density at radius 1 is 1.20 bits per heavy atom. The number of aliphatic hydroxyl groups excluding tert-OH is 1. The number of ketones is 1. The summed E-state index contributed by atoms with van der Waals surface area (Å²) in [5.41, 5.74) is 4.31. The number of rotatable bonds is 3. The molecule has 2 aliphatic rings. The minimum absolute atomic E-state index is 0.240. The van der Waals surface area contributed by atoms with Crippen LogP contribution < -0.4 is 0 Å². The second kappa shape index (κ2) is 6.95. The summed E-state index contributed by atoms with van der Waals surface area (Å²) in [5.74, 6) is 1.49. The van der Waals surface area contributed by atoms with E-state index in [-0.39, 0.29) is 5.44 Å². The molecule has 2 rings (SSSR count). The van der Waals surface area contributed by atoms with E-state index in [4.69, 9.17) is 0 Å². The lowest BCUT2D eigenvalue weighted by Gasteiger charge is -2.29. The molecule has 0 amide bonds. The lowest BCUT2D eigenvalue weighted by atomic mass is 9.81. The highest BCUT2D eigenvalue weighted by Gasteiger charge is 2.30. The lowest BCUT2D eigenvalue weighted by molar-refractivity contribution is -0.113. The first-order valence-corrected chi connectivity index (χ1v) is 8.76. The number of hydrogen-bond donors (Lipinski definition) is 1. The molecule has 1 aliphatic carbocycles. The fraction of sp³-hybridized carbons (Fsp3) is 0.706. The number of Topliss-reactive ketones (excluding diaryl/α,β-unsaturated/α-hetero) is 1. The summed E-state index contributed by atoms with van der Waals surface area (Å²) >= 11 is 1.59. The molecule has 3 heteroatoms. The van der Waals surface area contributed by atoms with Crippen LogP contribution in [0.2, 0.25) is 0 Å². The van der Waals surface area contributed by atoms with Gasteiger partial charge in [-0.3, -0.25) is 4.79 Å². The zero-order valence-electron chi connectivity index (χ0n) is 12.9. The number of carbonyl (C=O) groups is 1. The van der Waals surface area contributed by atoms with Gasteiger partial charge < -0.3 is 5.11 Å². The van der Waals surface area contributed by atoms with Gasteiger partial charge in [0.15, 0.2) is 5.78 Å². The molecule has 20 heavy (non-hydrogen) atoms. The van der Waals surface area contributed by atoms with E-state index in [1.165, 1.54) is 12.0 Å². The second-order valence-corrected chi connectivity index (χ2v) is 7.48. The van der Waals surface area contributed by atoms with E-state index in [1.54, 1.807) is 11.8 Å². The zero-order chi connectivity index (χ0) is 14.7. The first kappa shape index (κ1) is 15.8. The van der Waals surface area contributed by atoms with Crippen LogP contribution in [0, 0.1) is 5.92 Å². The summed E-state index contributed by atoms with van der Waals surface area (Å²) in [6, 6.07) is 0. The molecule has 0 aromatic carbocycles. The maximum atomic E-state index is 12.9. The van der Waals surface area contributed by atoms with Gasteiger partial charge in [-0.1, -0.05) is 11.1 Å². The molecule has 2 unspecified atom stereocenters. The molecule has 112 valence electrons. The quantitative estimate of drug-likeness (QED) is 0.791. The van der Waals surface area contributed by atoms with Crippen LogP contribution in [-0.2, 0) is 4.79 Å². The van der Waals surface area contributed by atoms with Crippen LogP contribution in [-0.4, -0.2) is 22.1 Å². The van der Waals surface area contributed by atoms with Gasteiger partial charge in [-0.05, 0) is 70.8 Å². The predicted molar refractivity (Wildman–Crippen MR) is 85.7 cm³/mol. The van der Waals surface area contributed by atoms with E-state index in [2.05, 4.69) is 20.8 Å². The molecule has 0 aromatic heterocycles. The first-order chi connectivity index (χ1) is 9.50. The average molecular weight is 294 g/mol. The Labute approximate surface area is 126 Å². The van der Waals surface area contributed by atoms with Gasteiger partial charge >= 0.3 is 0 Å². The largest absolute Gasteiger partial charge is 0.382 e. The molecule has 0 bridgehead atoms. The molecule has 2 atom stereocenters. The van der Waals surface area contributed by atoms with Crippen LogP contribution in [0.4, 0.5) is 0 Å². The summed E-state index contributed by atoms with van der Waals surface area (Å²) < 4.78 is 0. The molecule has 1 heterocycles. The van der Waals surface area contributed by atoms with Crippen molar-refractivity contribution in [2.24, 2.45) is 5.92 Å². The third kappa shape index (κ3) is 3.56. The van der Waals surface area contributed by atoms with Crippen molar-refractivity contribution >= 4 is 17.5 Å². The second-order valence-electron chi connectivity index (χ2n) is 6.27. The topological polar surface area (TPSA) is 37.3 Å². The maximum absolute atomic E-state index is 12.9. The van der Waals surface area contributed by atoms with E-state index >= 15 is 0 Å². The summed E-state index contributed by atoms with van der Waals surface area (Å²) in [6.07, 6.45) is 6.13. The van der Waals surface area contributed by atoms with Gasteiger partial charge in [0.2, 0.25) is 0 Å². The highest BCUT2D eigenvalue weighted by molar-refractivity contribution is 7.99. The molecule has 1 fully saturated rings. The van der Waals surface area contributed by atoms with Crippen LogP contribution in [0.3, 0.4) is 0 Å². The van der Waals surface area contributed by atoms with Gasteiger partial charge in [0.05, 0.1) is 5.44 Å². The van der Waals surface area contributed by atoms with Crippen molar-refractivity contribution in [3.63, 3.8) is 0 Å². The molecular formula is C17H26O2S. The molecule has 1 saturated heterocycles. The number of allylic oxidation sites excluding steroid dienone is 4. The SMILES string of the molecule is CC(C)=C(C(=O)C1=C(C)CCCC1)C1CCC(O)SC1. The van der Waals surface area contributed by atoms with Gasteiger partial charge in [-0.2, -0.15) is 0 Å². The summed E-state index contributed by atoms with van der Waals surface area (Å²) in [5, 5.41) is 9.63. The molecule has 1 N–H and O–H groups in total. The van der Waals surface area contributed by atoms with E-state index in [0.717, 1.165) is 54.6 Å². The van der Waals surface area contributed by atoms with E-state index in [9.17, 15) is 9.90 Å². The molecule has 2 nitrogen and oxygen atoms in total. The summed E-state index contributed by atoms with van der Waals surface area (Å²) in [4.78, 5) is 12.9. The minimum Gasteiger partial charge on any atom is -0.382 e. The Morgan fingerprint density at radius 2 is 1.90 bits per heavy atom. The van der Waals surface area contributed by atoms with Crippen molar-refractivity contribution in [2.45, 2.75) is 64.7 Å². The summed E-state index contributed by atoms with van der Waals surface area (Å²) in [7, 11) is 0. The van der Waals surface area contributed by atoms with Gasteiger partial charge in [-0.25, -0.2) is 0 Å². The van der Waals surface area contributed by atoms with Crippen molar-refractivity contribution in [3.05, 3.63) is 22.3 Å². The monoisotopic (exact) mass is 294 g/mol. The molecule has 1 aliphatic heterocycles. The Hall–Kier alpha value is -0.540. The number of carbonyl (C=O) groups excluding carboxylic acids is 1. The maximum Gasteiger partial charge on any atom is 0.185 e. The number of hydrogen-bond acceptors (Lipinski definition) is 3. The van der Waals surface area contributed by atoms with Crippen molar-refractivity contribution < 1.29 is 9.90 Å². The van der Waals surface area contributed by atoms with Gasteiger partial charge in [0, 0.05) is 11.3 Å². The van der Waals surface area contributed by atoms with Crippen LogP contribution in [0.1, 0.15) is 59.3 Å². The Bertz CT molecular complexity index is 436. The van der Waals surface area contributed by atoms with E-state index in [0.29, 0.717) is 11.7 Å². The predicted octanol–water partition coefficient (Wildman–Crippen LogP) is 4.24. The van der Waals surface area contributed by atoms with E-state index < -0.39 is 0 Å². The van der Waals surface area contributed by atoms with Crippen molar-refractivity contribution in [1.29, 1.82) is 0 Å². The van der Waals surface area contributed by atoms with Crippen molar-refractivity contribution in [2.75, 3.05) is 5.75 Å². The Kier molecular flexibility index (Phi) is 5.50. The molecule has 0 aromatic rings. The average Bonchev–Trinajstić information content (AvgIpc) is 2.41. The summed E-state index contributed by atoms with van der Waals surface area (Å²) in [6.45, 7) is 6.23. The molecule has 0 spiro atoms. The van der Waals surface area contributed by atoms with Gasteiger partial charge in [-0.15, -0.1) is 11.8 Å². The first-order valence-electron chi connectivity index (χ1n) is 7.71. The Balaban J connectivity index is 2.22. The molecule has 0 radical (unpaired) electrons. The third-order valence-electron chi connectivity index (χ3n) is 4.46. The lowest BCUT2D eigenvalue weighted by Crippen LogP contribution is -2.25. The van der Waals surface area contributed by atoms with Gasteiger partial charge in [0.25, 0.3) is 0 Å². The third-order valence-corrected chi connectivity index (χ3v) is 5.68. The molecular weight excluding hydrogens is 268 g/mol. The van der Waals surface area contributed by atoms with E-state index in [1.807, 2.05) is 0 Å². The number of thioether (sulfide) groups is 1. The van der Waals surface area contributed by atoms with Crippen LogP contribution in [0.5, 0.6) is 0 Å². The van der Waals surface area contributed by atoms with Crippen LogP contribution in [0.15, 0.2) is 22.3 Å².